The summed E-state index contributed by atoms with van der Waals surface area (Å²) < 4.78 is 0. The smallest absolute Gasteiger partial charge is 0.316 e. The van der Waals surface area contributed by atoms with Gasteiger partial charge in [-0.1, -0.05) is 18.2 Å². The van der Waals surface area contributed by atoms with Gasteiger partial charge in [-0.05, 0) is 26.2 Å². The van der Waals surface area contributed by atoms with Crippen molar-refractivity contribution in [2.45, 2.75) is 0 Å². The van der Waals surface area contributed by atoms with E-state index in [2.05, 4.69) is 5.32 Å². The Labute approximate surface area is 107 Å². The van der Waals surface area contributed by atoms with Crippen LogP contribution in [-0.2, 0) is 9.59 Å². The predicted molar refractivity (Wildman–Crippen MR) is 71.4 cm³/mol. The molecule has 1 rings (SSSR count). The zero-order valence-electron chi connectivity index (χ0n) is 11.0. The van der Waals surface area contributed by atoms with Crippen molar-refractivity contribution in [3.8, 4) is 0 Å². The number of nitrogens with zero attached hydrogens (tertiary/aromatic N) is 2. The first kappa shape index (κ1) is 14.2. The quantitative estimate of drug-likeness (QED) is 0.782. The first-order chi connectivity index (χ1) is 8.52. The third kappa shape index (κ3) is 4.18. The van der Waals surface area contributed by atoms with Crippen LogP contribution in [0.1, 0.15) is 0 Å². The van der Waals surface area contributed by atoms with Gasteiger partial charge in [0, 0.05) is 25.8 Å². The van der Waals surface area contributed by atoms with Crippen LogP contribution in [0.2, 0.25) is 0 Å². The minimum Gasteiger partial charge on any atom is -0.347 e. The molecule has 18 heavy (non-hydrogen) atoms. The summed E-state index contributed by atoms with van der Waals surface area (Å²) in [5, 5.41) is 2.59. The molecule has 1 aromatic rings. The fourth-order valence-corrected chi connectivity index (χ4v) is 1.39. The van der Waals surface area contributed by atoms with Gasteiger partial charge in [0.1, 0.15) is 0 Å². The zero-order valence-corrected chi connectivity index (χ0v) is 11.0. The second kappa shape index (κ2) is 6.76. The molecule has 0 aromatic heterocycles. The molecule has 0 fully saturated rings. The topological polar surface area (TPSA) is 52.7 Å². The second-order valence-electron chi connectivity index (χ2n) is 4.26. The highest BCUT2D eigenvalue weighted by molar-refractivity contribution is 6.40. The van der Waals surface area contributed by atoms with Gasteiger partial charge >= 0.3 is 11.8 Å². The van der Waals surface area contributed by atoms with Gasteiger partial charge in [-0.3, -0.25) is 9.59 Å². The number of para-hydroxylation sites is 1. The van der Waals surface area contributed by atoms with Crippen molar-refractivity contribution in [3.63, 3.8) is 0 Å². The number of carbonyl (C=O) groups is 2. The van der Waals surface area contributed by atoms with Crippen molar-refractivity contribution in [2.24, 2.45) is 0 Å². The largest absolute Gasteiger partial charge is 0.347 e. The predicted octanol–water partition coefficient (Wildman–Crippen LogP) is 0.327. The Morgan fingerprint density at radius 1 is 1.11 bits per heavy atom. The average molecular weight is 249 g/mol. The molecule has 0 saturated heterocycles. The van der Waals surface area contributed by atoms with E-state index in [9.17, 15) is 9.59 Å². The first-order valence-electron chi connectivity index (χ1n) is 5.78. The molecule has 0 aliphatic rings. The van der Waals surface area contributed by atoms with Crippen LogP contribution in [0.15, 0.2) is 30.3 Å². The van der Waals surface area contributed by atoms with Crippen LogP contribution in [0.5, 0.6) is 0 Å². The fraction of sp³-hybridized carbons (Fsp3) is 0.385. The summed E-state index contributed by atoms with van der Waals surface area (Å²) in [7, 11) is 5.40. The van der Waals surface area contributed by atoms with Gasteiger partial charge in [0.2, 0.25) is 0 Å². The van der Waals surface area contributed by atoms with Gasteiger partial charge in [0.25, 0.3) is 0 Å². The van der Waals surface area contributed by atoms with Gasteiger partial charge in [-0.2, -0.15) is 0 Å². The number of hydrogen-bond donors (Lipinski definition) is 1. The SMILES string of the molecule is CN(C)CCNC(=O)C(=O)N(C)c1ccccc1. The van der Waals surface area contributed by atoms with E-state index in [4.69, 9.17) is 0 Å². The Kier molecular flexibility index (Phi) is 5.32. The number of likely N-dealkylation sites (N-methyl/N-ethyl adjacent to an activating group) is 2. The molecule has 0 saturated carbocycles. The average Bonchev–Trinajstić information content (AvgIpc) is 2.37. The normalized spacial score (nSPS) is 10.2. The Morgan fingerprint density at radius 3 is 2.28 bits per heavy atom. The monoisotopic (exact) mass is 249 g/mol. The maximum Gasteiger partial charge on any atom is 0.316 e. The van der Waals surface area contributed by atoms with Crippen molar-refractivity contribution in [1.29, 1.82) is 0 Å². The molecule has 0 unspecified atom stereocenters. The van der Waals surface area contributed by atoms with Crippen LogP contribution >= 0.6 is 0 Å². The Bertz CT molecular complexity index is 404. The van der Waals surface area contributed by atoms with E-state index in [1.165, 1.54) is 4.90 Å². The number of rotatable bonds is 4. The molecular weight excluding hydrogens is 230 g/mol. The minimum absolute atomic E-state index is 0.459. The molecule has 0 heterocycles. The standard InChI is InChI=1S/C13H19N3O2/c1-15(2)10-9-14-12(17)13(18)16(3)11-7-5-4-6-8-11/h4-8H,9-10H2,1-3H3,(H,14,17). The van der Waals surface area contributed by atoms with E-state index < -0.39 is 11.8 Å². The molecule has 0 atom stereocenters. The molecule has 2 amide bonds. The third-order valence-electron chi connectivity index (χ3n) is 2.49. The van der Waals surface area contributed by atoms with E-state index in [1.807, 2.05) is 37.2 Å². The van der Waals surface area contributed by atoms with Crippen LogP contribution in [0.3, 0.4) is 0 Å². The maximum atomic E-state index is 11.8. The second-order valence-corrected chi connectivity index (χ2v) is 4.26. The lowest BCUT2D eigenvalue weighted by Gasteiger charge is -2.17. The van der Waals surface area contributed by atoms with Crippen molar-refractivity contribution >= 4 is 17.5 Å². The van der Waals surface area contributed by atoms with Crippen molar-refractivity contribution in [3.05, 3.63) is 30.3 Å². The van der Waals surface area contributed by atoms with Crippen LogP contribution < -0.4 is 10.2 Å². The van der Waals surface area contributed by atoms with Crippen molar-refractivity contribution in [1.82, 2.24) is 10.2 Å². The van der Waals surface area contributed by atoms with Gasteiger partial charge in [0.15, 0.2) is 0 Å². The molecule has 0 aliphatic carbocycles. The number of hydrogen-bond acceptors (Lipinski definition) is 3. The van der Waals surface area contributed by atoms with Crippen LogP contribution in [0, 0.1) is 0 Å². The Morgan fingerprint density at radius 2 is 1.72 bits per heavy atom. The van der Waals surface area contributed by atoms with E-state index in [1.54, 1.807) is 19.2 Å². The first-order valence-corrected chi connectivity index (χ1v) is 5.78. The highest BCUT2D eigenvalue weighted by atomic mass is 16.2. The molecule has 1 N–H and O–H groups in total. The van der Waals surface area contributed by atoms with Crippen molar-refractivity contribution in [2.75, 3.05) is 39.1 Å². The van der Waals surface area contributed by atoms with E-state index in [-0.39, 0.29) is 0 Å². The molecule has 0 radical (unpaired) electrons. The summed E-state index contributed by atoms with van der Waals surface area (Å²) >= 11 is 0. The molecular formula is C13H19N3O2. The van der Waals surface area contributed by atoms with Gasteiger partial charge in [-0.25, -0.2) is 0 Å². The molecule has 1 aromatic carbocycles. The molecule has 5 heteroatoms. The van der Waals surface area contributed by atoms with Crippen LogP contribution in [0.25, 0.3) is 0 Å². The number of anilines is 1. The Hall–Kier alpha value is -1.88. The highest BCUT2D eigenvalue weighted by Crippen LogP contribution is 2.10. The molecule has 0 spiro atoms. The Balaban J connectivity index is 2.51. The lowest BCUT2D eigenvalue weighted by Crippen LogP contribution is -2.43. The van der Waals surface area contributed by atoms with E-state index in [0.717, 1.165) is 0 Å². The summed E-state index contributed by atoms with van der Waals surface area (Å²) in [6.45, 7) is 1.16. The number of carbonyl (C=O) groups excluding carboxylic acids is 2. The highest BCUT2D eigenvalue weighted by Gasteiger charge is 2.18. The van der Waals surface area contributed by atoms with Gasteiger partial charge in [0.05, 0.1) is 0 Å². The van der Waals surface area contributed by atoms with E-state index in [0.29, 0.717) is 18.8 Å². The third-order valence-corrected chi connectivity index (χ3v) is 2.49. The summed E-state index contributed by atoms with van der Waals surface area (Å²) in [5.41, 5.74) is 0.699. The van der Waals surface area contributed by atoms with Crippen LogP contribution in [0.4, 0.5) is 5.69 Å². The maximum absolute atomic E-state index is 11.8. The summed E-state index contributed by atoms with van der Waals surface area (Å²) in [6, 6.07) is 9.07. The zero-order chi connectivity index (χ0) is 13.5. The lowest BCUT2D eigenvalue weighted by atomic mass is 10.3. The number of nitrogens with one attached hydrogen (secondary N) is 1. The lowest BCUT2D eigenvalue weighted by molar-refractivity contribution is -0.137. The summed E-state index contributed by atoms with van der Waals surface area (Å²) in [4.78, 5) is 26.7. The minimum atomic E-state index is -0.580. The summed E-state index contributed by atoms with van der Waals surface area (Å²) in [6.07, 6.45) is 0. The summed E-state index contributed by atoms with van der Waals surface area (Å²) in [5.74, 6) is -1.14. The van der Waals surface area contributed by atoms with Gasteiger partial charge < -0.3 is 15.1 Å². The molecule has 0 bridgehead atoms. The van der Waals surface area contributed by atoms with Gasteiger partial charge in [-0.15, -0.1) is 0 Å². The van der Waals surface area contributed by atoms with Crippen molar-refractivity contribution < 1.29 is 9.59 Å². The number of amides is 2. The number of benzene rings is 1. The van der Waals surface area contributed by atoms with Crippen LogP contribution in [-0.4, -0.2) is 50.9 Å². The van der Waals surface area contributed by atoms with E-state index >= 15 is 0 Å². The fourth-order valence-electron chi connectivity index (χ4n) is 1.39. The molecule has 98 valence electrons. The molecule has 5 nitrogen and oxygen atoms in total. The molecule has 0 aliphatic heterocycles.